The van der Waals surface area contributed by atoms with Crippen LogP contribution in [0.3, 0.4) is 0 Å². The number of rotatable bonds is 34. The van der Waals surface area contributed by atoms with Crippen LogP contribution in [0.15, 0.2) is 12.2 Å². The second-order valence-corrected chi connectivity index (χ2v) is 15.1. The molecule has 1 heterocycles. The van der Waals surface area contributed by atoms with Crippen LogP contribution in [-0.2, 0) is 14.3 Å². The first-order chi connectivity index (χ1) is 25.2. The smallest absolute Gasteiger partial charge is 0.249 e. The van der Waals surface area contributed by atoms with Gasteiger partial charge in [-0.1, -0.05) is 148 Å². The van der Waals surface area contributed by atoms with Crippen molar-refractivity contribution in [2.24, 2.45) is 0 Å². The number of hydrogen-bond acceptors (Lipinski definition) is 10. The molecule has 0 spiro atoms. The molecule has 1 aliphatic rings. The molecule has 1 aliphatic heterocycles. The minimum Gasteiger partial charge on any atom is -0.394 e. The van der Waals surface area contributed by atoms with E-state index >= 15 is 0 Å². The molecule has 1 rings (SSSR count). The van der Waals surface area contributed by atoms with E-state index in [1.54, 1.807) is 0 Å². The lowest BCUT2D eigenvalue weighted by Crippen LogP contribution is -2.60. The Hall–Kier alpha value is -1.15. The summed E-state index contributed by atoms with van der Waals surface area (Å²) < 4.78 is 11.0. The minimum atomic E-state index is -1.66. The first-order valence-electron chi connectivity index (χ1n) is 21.1. The molecule has 0 aliphatic carbocycles. The van der Waals surface area contributed by atoms with Crippen LogP contribution in [0.1, 0.15) is 174 Å². The first-order valence-corrected chi connectivity index (χ1v) is 21.1. The Morgan fingerprint density at radius 3 is 1.62 bits per heavy atom. The number of aliphatic hydroxyl groups is 7. The maximum absolute atomic E-state index is 13.0. The van der Waals surface area contributed by atoms with Gasteiger partial charge in [-0.05, 0) is 38.5 Å². The van der Waals surface area contributed by atoms with Gasteiger partial charge in [0.25, 0.3) is 0 Å². The van der Waals surface area contributed by atoms with E-state index in [1.165, 1.54) is 77.0 Å². The standard InChI is InChI=1S/C41H79NO10/c1-3-5-7-9-11-13-14-15-16-17-18-19-21-23-25-27-29-34(45)40(50)42-32(31-51-41-39(49)38(48)37(47)35(30-43)52-41)36(46)33(44)28-26-24-22-20-12-10-8-6-4-2/h15-16,32-39,41,43-49H,3-14,17-31H2,1-2H3,(H,42,50)/b16-15-. The molecule has 1 fully saturated rings. The van der Waals surface area contributed by atoms with Crippen molar-refractivity contribution in [3.8, 4) is 0 Å². The summed E-state index contributed by atoms with van der Waals surface area (Å²) in [5.74, 6) is -0.704. The van der Waals surface area contributed by atoms with Gasteiger partial charge in [0.05, 0.1) is 25.4 Å². The van der Waals surface area contributed by atoms with Gasteiger partial charge < -0.3 is 50.5 Å². The fourth-order valence-corrected chi connectivity index (χ4v) is 6.73. The zero-order valence-corrected chi connectivity index (χ0v) is 32.8. The Bertz CT molecular complexity index is 861. The lowest BCUT2D eigenvalue weighted by molar-refractivity contribution is -0.303. The molecule has 0 aromatic rings. The largest absolute Gasteiger partial charge is 0.394 e. The maximum atomic E-state index is 13.0. The molecule has 8 N–H and O–H groups in total. The molecule has 11 nitrogen and oxygen atoms in total. The second-order valence-electron chi connectivity index (χ2n) is 15.1. The molecule has 0 aromatic carbocycles. The third-order valence-electron chi connectivity index (χ3n) is 10.3. The Morgan fingerprint density at radius 1 is 0.654 bits per heavy atom. The number of aliphatic hydroxyl groups excluding tert-OH is 7. The van der Waals surface area contributed by atoms with Crippen LogP contribution in [0.25, 0.3) is 0 Å². The zero-order chi connectivity index (χ0) is 38.4. The average Bonchev–Trinajstić information content (AvgIpc) is 3.14. The number of allylic oxidation sites excluding steroid dienone is 2. The summed E-state index contributed by atoms with van der Waals surface area (Å²) in [5, 5.41) is 75.2. The van der Waals surface area contributed by atoms with E-state index in [0.29, 0.717) is 19.3 Å². The Morgan fingerprint density at radius 2 is 1.12 bits per heavy atom. The van der Waals surface area contributed by atoms with E-state index in [1.807, 2.05) is 0 Å². The summed E-state index contributed by atoms with van der Waals surface area (Å²) >= 11 is 0. The molecule has 11 heteroatoms. The molecule has 9 unspecified atom stereocenters. The highest BCUT2D eigenvalue weighted by Gasteiger charge is 2.44. The summed E-state index contributed by atoms with van der Waals surface area (Å²) in [5.41, 5.74) is 0. The molecule has 0 bridgehead atoms. The van der Waals surface area contributed by atoms with Gasteiger partial charge in [0.2, 0.25) is 5.91 Å². The van der Waals surface area contributed by atoms with Gasteiger partial charge in [0.15, 0.2) is 6.29 Å². The highest BCUT2D eigenvalue weighted by Crippen LogP contribution is 2.23. The molecular formula is C41H79NO10. The molecule has 0 aromatic heterocycles. The van der Waals surface area contributed by atoms with Gasteiger partial charge in [-0.2, -0.15) is 0 Å². The summed E-state index contributed by atoms with van der Waals surface area (Å²) in [6.45, 7) is 3.38. The molecule has 1 saturated heterocycles. The Labute approximate surface area is 315 Å². The normalized spacial score (nSPS) is 23.1. The molecule has 1 amide bonds. The molecule has 0 saturated carbocycles. The van der Waals surface area contributed by atoms with Gasteiger partial charge >= 0.3 is 0 Å². The van der Waals surface area contributed by atoms with Crippen LogP contribution in [0.2, 0.25) is 0 Å². The van der Waals surface area contributed by atoms with Gasteiger partial charge in [0, 0.05) is 0 Å². The number of ether oxygens (including phenoxy) is 2. The van der Waals surface area contributed by atoms with Crippen LogP contribution >= 0.6 is 0 Å². The summed E-state index contributed by atoms with van der Waals surface area (Å²) in [6, 6.07) is -1.16. The topological polar surface area (TPSA) is 189 Å². The Balaban J connectivity index is 2.49. The van der Waals surface area contributed by atoms with Crippen molar-refractivity contribution in [3.05, 3.63) is 12.2 Å². The predicted octanol–water partition coefficient (Wildman–Crippen LogP) is 5.72. The second kappa shape index (κ2) is 32.1. The molecule has 0 radical (unpaired) electrons. The highest BCUT2D eigenvalue weighted by molar-refractivity contribution is 5.80. The lowest BCUT2D eigenvalue weighted by Gasteiger charge is -2.40. The average molecular weight is 746 g/mol. The fourth-order valence-electron chi connectivity index (χ4n) is 6.73. The van der Waals surface area contributed by atoms with Crippen LogP contribution in [0.5, 0.6) is 0 Å². The van der Waals surface area contributed by atoms with Crippen LogP contribution in [0.4, 0.5) is 0 Å². The number of carbonyl (C=O) groups excluding carboxylic acids is 1. The van der Waals surface area contributed by atoms with Crippen LogP contribution in [0, 0.1) is 0 Å². The molecule has 52 heavy (non-hydrogen) atoms. The lowest BCUT2D eigenvalue weighted by atomic mass is 9.98. The predicted molar refractivity (Wildman–Crippen MR) is 206 cm³/mol. The van der Waals surface area contributed by atoms with Crippen molar-refractivity contribution in [2.75, 3.05) is 13.2 Å². The van der Waals surface area contributed by atoms with E-state index in [0.717, 1.165) is 57.8 Å². The minimum absolute atomic E-state index is 0.254. The van der Waals surface area contributed by atoms with Crippen LogP contribution in [-0.4, -0.2) is 110 Å². The van der Waals surface area contributed by atoms with E-state index in [9.17, 15) is 40.5 Å². The van der Waals surface area contributed by atoms with E-state index in [-0.39, 0.29) is 6.42 Å². The van der Waals surface area contributed by atoms with E-state index in [4.69, 9.17) is 9.47 Å². The number of nitrogens with one attached hydrogen (secondary N) is 1. The highest BCUT2D eigenvalue weighted by atomic mass is 16.7. The van der Waals surface area contributed by atoms with Gasteiger partial charge in [0.1, 0.15) is 36.6 Å². The van der Waals surface area contributed by atoms with Crippen molar-refractivity contribution in [2.45, 2.75) is 229 Å². The first kappa shape index (κ1) is 48.9. The Kier molecular flexibility index (Phi) is 30.2. The van der Waals surface area contributed by atoms with Crippen molar-refractivity contribution in [3.63, 3.8) is 0 Å². The molecule has 9 atom stereocenters. The van der Waals surface area contributed by atoms with Crippen molar-refractivity contribution in [1.82, 2.24) is 5.32 Å². The molecule has 308 valence electrons. The summed E-state index contributed by atoms with van der Waals surface area (Å²) in [6.07, 6.45) is 19.9. The van der Waals surface area contributed by atoms with Gasteiger partial charge in [-0.3, -0.25) is 4.79 Å². The van der Waals surface area contributed by atoms with Crippen molar-refractivity contribution in [1.29, 1.82) is 0 Å². The SMILES string of the molecule is CCCCCCCC/C=C\CCCCCCCCC(O)C(=O)NC(COC1OC(CO)C(O)C(O)C1O)C(O)C(O)CCCCCCCCCCC. The fraction of sp³-hybridized carbons (Fsp3) is 0.927. The van der Waals surface area contributed by atoms with E-state index in [2.05, 4.69) is 31.3 Å². The van der Waals surface area contributed by atoms with Crippen LogP contribution < -0.4 is 5.32 Å². The van der Waals surface area contributed by atoms with Crippen molar-refractivity contribution < 1.29 is 50.0 Å². The maximum Gasteiger partial charge on any atom is 0.249 e. The quantitative estimate of drug-likeness (QED) is 0.0299. The van der Waals surface area contributed by atoms with Gasteiger partial charge in [-0.25, -0.2) is 0 Å². The third kappa shape index (κ3) is 22.3. The number of amides is 1. The number of hydrogen-bond donors (Lipinski definition) is 8. The zero-order valence-electron chi connectivity index (χ0n) is 32.8. The van der Waals surface area contributed by atoms with E-state index < -0.39 is 74.2 Å². The number of carbonyl (C=O) groups is 1. The third-order valence-corrected chi connectivity index (χ3v) is 10.3. The van der Waals surface area contributed by atoms with Crippen molar-refractivity contribution >= 4 is 5.91 Å². The number of unbranched alkanes of at least 4 members (excludes halogenated alkanes) is 20. The summed E-state index contributed by atoms with van der Waals surface area (Å²) in [7, 11) is 0. The monoisotopic (exact) mass is 746 g/mol. The van der Waals surface area contributed by atoms with Gasteiger partial charge in [-0.15, -0.1) is 0 Å². The summed E-state index contributed by atoms with van der Waals surface area (Å²) in [4.78, 5) is 13.0. The molecular weight excluding hydrogens is 666 g/mol.